The zero-order valence-corrected chi connectivity index (χ0v) is 11.9. The zero-order chi connectivity index (χ0) is 12.3. The number of nitrogens with one attached hydrogen (secondary N) is 1. The van der Waals surface area contributed by atoms with Crippen molar-refractivity contribution in [2.75, 3.05) is 33.7 Å². The summed E-state index contributed by atoms with van der Waals surface area (Å²) in [5.74, 6) is 0.707. The molecule has 2 heterocycles. The largest absolute Gasteiger partial charge is 0.319 e. The molecule has 1 N–H and O–H groups in total. The van der Waals surface area contributed by atoms with Crippen molar-refractivity contribution in [1.82, 2.24) is 15.2 Å². The van der Waals surface area contributed by atoms with Gasteiger partial charge in [0.25, 0.3) is 0 Å². The Morgan fingerprint density at radius 2 is 2.12 bits per heavy atom. The highest BCUT2D eigenvalue weighted by atomic mass is 32.1. The lowest BCUT2D eigenvalue weighted by Crippen LogP contribution is -2.29. The van der Waals surface area contributed by atoms with E-state index in [-0.39, 0.29) is 0 Å². The van der Waals surface area contributed by atoms with E-state index in [2.05, 4.69) is 24.2 Å². The first-order valence-electron chi connectivity index (χ1n) is 6.50. The van der Waals surface area contributed by atoms with Gasteiger partial charge in [-0.1, -0.05) is 0 Å². The van der Waals surface area contributed by atoms with Crippen molar-refractivity contribution in [3.05, 3.63) is 15.6 Å². The molecule has 0 spiro atoms. The molecule has 0 unspecified atom stereocenters. The second-order valence-corrected chi connectivity index (χ2v) is 6.11. The fourth-order valence-corrected chi connectivity index (χ4v) is 3.59. The maximum atomic E-state index is 4.78. The predicted octanol–water partition coefficient (Wildman–Crippen LogP) is 2.02. The quantitative estimate of drug-likeness (QED) is 0.890. The van der Waals surface area contributed by atoms with Crippen LogP contribution < -0.4 is 5.32 Å². The minimum atomic E-state index is 0.707. The molecule has 17 heavy (non-hydrogen) atoms. The van der Waals surface area contributed by atoms with Crippen molar-refractivity contribution in [3.63, 3.8) is 0 Å². The first kappa shape index (κ1) is 13.0. The lowest BCUT2D eigenvalue weighted by molar-refractivity contribution is 0.255. The Labute approximate surface area is 108 Å². The Morgan fingerprint density at radius 3 is 2.76 bits per heavy atom. The number of likely N-dealkylation sites (tertiary alicyclic amines) is 1. The second-order valence-electron chi connectivity index (χ2n) is 4.99. The Morgan fingerprint density at radius 1 is 1.41 bits per heavy atom. The molecule has 0 aromatic carbocycles. The molecule has 1 aromatic rings. The molecule has 0 radical (unpaired) electrons. The molecule has 0 bridgehead atoms. The maximum absolute atomic E-state index is 4.78. The molecule has 0 saturated carbocycles. The van der Waals surface area contributed by atoms with E-state index in [1.54, 1.807) is 0 Å². The fraction of sp³-hybridized carbons (Fsp3) is 0.769. The van der Waals surface area contributed by atoms with Crippen molar-refractivity contribution in [2.24, 2.45) is 0 Å². The molecule has 0 atom stereocenters. The standard InChI is InChI=1S/C13H23N3S/c1-10-12(4-7-14-2)17-13(15-10)11-5-8-16(3)9-6-11/h11,14H,4-9H2,1-3H3. The number of hydrogen-bond donors (Lipinski definition) is 1. The van der Waals surface area contributed by atoms with Crippen LogP contribution in [0.5, 0.6) is 0 Å². The van der Waals surface area contributed by atoms with Gasteiger partial charge in [0, 0.05) is 10.8 Å². The molecule has 1 aliphatic rings. The minimum absolute atomic E-state index is 0.707. The van der Waals surface area contributed by atoms with E-state index in [0.717, 1.165) is 13.0 Å². The van der Waals surface area contributed by atoms with Crippen LogP contribution in [0.15, 0.2) is 0 Å². The average Bonchev–Trinajstić information content (AvgIpc) is 2.69. The summed E-state index contributed by atoms with van der Waals surface area (Å²) >= 11 is 1.94. The van der Waals surface area contributed by atoms with E-state index >= 15 is 0 Å². The van der Waals surface area contributed by atoms with Gasteiger partial charge in [0.1, 0.15) is 0 Å². The smallest absolute Gasteiger partial charge is 0.0962 e. The molecule has 0 aliphatic carbocycles. The topological polar surface area (TPSA) is 28.2 Å². The van der Waals surface area contributed by atoms with E-state index in [4.69, 9.17) is 4.98 Å². The fourth-order valence-electron chi connectivity index (χ4n) is 2.35. The number of nitrogens with zero attached hydrogens (tertiary/aromatic N) is 2. The lowest BCUT2D eigenvalue weighted by atomic mass is 9.98. The van der Waals surface area contributed by atoms with Crippen molar-refractivity contribution in [2.45, 2.75) is 32.1 Å². The average molecular weight is 253 g/mol. The summed E-state index contributed by atoms with van der Waals surface area (Å²) in [7, 11) is 4.22. The number of likely N-dealkylation sites (N-methyl/N-ethyl adjacent to an activating group) is 1. The number of thiazole rings is 1. The van der Waals surface area contributed by atoms with Gasteiger partial charge < -0.3 is 10.2 Å². The highest BCUT2D eigenvalue weighted by Crippen LogP contribution is 2.32. The summed E-state index contributed by atoms with van der Waals surface area (Å²) < 4.78 is 0. The molecule has 1 aliphatic heterocycles. The van der Waals surface area contributed by atoms with E-state index < -0.39 is 0 Å². The van der Waals surface area contributed by atoms with Crippen LogP contribution in [0, 0.1) is 6.92 Å². The first-order valence-corrected chi connectivity index (χ1v) is 7.31. The van der Waals surface area contributed by atoms with Crippen molar-refractivity contribution in [1.29, 1.82) is 0 Å². The van der Waals surface area contributed by atoms with Crippen LogP contribution >= 0.6 is 11.3 Å². The Bertz CT molecular complexity index is 354. The van der Waals surface area contributed by atoms with E-state index in [1.165, 1.54) is 41.5 Å². The van der Waals surface area contributed by atoms with Crippen LogP contribution in [0.1, 0.15) is 34.3 Å². The van der Waals surface area contributed by atoms with Gasteiger partial charge in [-0.2, -0.15) is 0 Å². The van der Waals surface area contributed by atoms with Crippen LogP contribution in [-0.4, -0.2) is 43.6 Å². The SMILES string of the molecule is CNCCc1sc(C2CCN(C)CC2)nc1C. The molecule has 3 nitrogen and oxygen atoms in total. The van der Waals surface area contributed by atoms with Crippen molar-refractivity contribution >= 4 is 11.3 Å². The molecule has 0 amide bonds. The summed E-state index contributed by atoms with van der Waals surface area (Å²) in [6, 6.07) is 0. The molecule has 1 saturated heterocycles. The second kappa shape index (κ2) is 5.94. The van der Waals surface area contributed by atoms with Crippen LogP contribution in [0.3, 0.4) is 0 Å². The summed E-state index contributed by atoms with van der Waals surface area (Å²) in [5, 5.41) is 4.59. The predicted molar refractivity (Wildman–Crippen MR) is 74.0 cm³/mol. The van der Waals surface area contributed by atoms with Crippen LogP contribution in [0.4, 0.5) is 0 Å². The van der Waals surface area contributed by atoms with Gasteiger partial charge in [0.15, 0.2) is 0 Å². The molecule has 4 heteroatoms. The molecular weight excluding hydrogens is 230 g/mol. The van der Waals surface area contributed by atoms with Gasteiger partial charge in [-0.15, -0.1) is 11.3 Å². The number of aryl methyl sites for hydroxylation is 1. The van der Waals surface area contributed by atoms with Gasteiger partial charge in [-0.05, 0) is 59.9 Å². The Kier molecular flexibility index (Phi) is 4.54. The highest BCUT2D eigenvalue weighted by Gasteiger charge is 2.22. The Hall–Kier alpha value is -0.450. The summed E-state index contributed by atoms with van der Waals surface area (Å²) in [6.07, 6.45) is 3.66. The summed E-state index contributed by atoms with van der Waals surface area (Å²) in [6.45, 7) is 5.64. The van der Waals surface area contributed by atoms with Crippen molar-refractivity contribution in [3.8, 4) is 0 Å². The zero-order valence-electron chi connectivity index (χ0n) is 11.1. The number of aromatic nitrogens is 1. The van der Waals surface area contributed by atoms with Gasteiger partial charge in [0.2, 0.25) is 0 Å². The van der Waals surface area contributed by atoms with Crippen LogP contribution in [0.25, 0.3) is 0 Å². The molecule has 1 fully saturated rings. The third-order valence-corrected chi connectivity index (χ3v) is 4.96. The first-order chi connectivity index (χ1) is 8.20. The van der Waals surface area contributed by atoms with E-state index in [0.29, 0.717) is 5.92 Å². The highest BCUT2D eigenvalue weighted by molar-refractivity contribution is 7.11. The van der Waals surface area contributed by atoms with E-state index in [9.17, 15) is 0 Å². The monoisotopic (exact) mass is 253 g/mol. The van der Waals surface area contributed by atoms with Gasteiger partial charge in [-0.25, -0.2) is 4.98 Å². The van der Waals surface area contributed by atoms with Gasteiger partial charge >= 0.3 is 0 Å². The van der Waals surface area contributed by atoms with E-state index in [1.807, 2.05) is 18.4 Å². The molecule has 1 aromatic heterocycles. The number of rotatable bonds is 4. The van der Waals surface area contributed by atoms with Gasteiger partial charge in [-0.3, -0.25) is 0 Å². The van der Waals surface area contributed by atoms with Crippen molar-refractivity contribution < 1.29 is 0 Å². The lowest BCUT2D eigenvalue weighted by Gasteiger charge is -2.27. The minimum Gasteiger partial charge on any atom is -0.319 e. The third kappa shape index (κ3) is 3.27. The van der Waals surface area contributed by atoms with Gasteiger partial charge in [0.05, 0.1) is 10.7 Å². The third-order valence-electron chi connectivity index (χ3n) is 3.58. The summed E-state index contributed by atoms with van der Waals surface area (Å²) in [4.78, 5) is 8.67. The normalized spacial score (nSPS) is 18.8. The Balaban J connectivity index is 2.01. The molecule has 2 rings (SSSR count). The number of piperidine rings is 1. The van der Waals surface area contributed by atoms with Crippen LogP contribution in [-0.2, 0) is 6.42 Å². The molecule has 96 valence electrons. The number of hydrogen-bond acceptors (Lipinski definition) is 4. The maximum Gasteiger partial charge on any atom is 0.0962 e. The molecular formula is C13H23N3S. The summed E-state index contributed by atoms with van der Waals surface area (Å²) in [5.41, 5.74) is 1.25. The van der Waals surface area contributed by atoms with Crippen LogP contribution in [0.2, 0.25) is 0 Å².